The van der Waals surface area contributed by atoms with Crippen molar-refractivity contribution in [1.82, 2.24) is 9.55 Å². The van der Waals surface area contributed by atoms with Crippen molar-refractivity contribution in [2.24, 2.45) is 0 Å². The Kier molecular flexibility index (Phi) is 5.87. The molecule has 0 amide bonds. The number of ether oxygens (including phenoxy) is 2. The van der Waals surface area contributed by atoms with Gasteiger partial charge in [-0.05, 0) is 36.5 Å². The number of benzene rings is 2. The maximum atomic E-state index is 12.6. The van der Waals surface area contributed by atoms with Gasteiger partial charge in [0.05, 0.1) is 29.2 Å². The molecule has 3 aromatic rings. The maximum Gasteiger partial charge on any atom is 0.331 e. The molecule has 1 aromatic heterocycles. The van der Waals surface area contributed by atoms with Crippen molar-refractivity contribution < 1.29 is 9.47 Å². The van der Waals surface area contributed by atoms with Crippen LogP contribution in [0.5, 0.6) is 5.75 Å². The second kappa shape index (κ2) is 8.71. The smallest absolute Gasteiger partial charge is 0.331 e. The Bertz CT molecular complexity index is 1100. The molecule has 0 bridgehead atoms. The predicted molar refractivity (Wildman–Crippen MR) is 112 cm³/mol. The fraction of sp³-hybridized carbons (Fsp3) is 0.273. The van der Waals surface area contributed by atoms with Gasteiger partial charge in [-0.2, -0.15) is 0 Å². The lowest BCUT2D eigenvalue weighted by atomic mass is 10.2. The third-order valence-corrected chi connectivity index (χ3v) is 5.97. The molecular weight excluding hydrogens is 388 g/mol. The summed E-state index contributed by atoms with van der Waals surface area (Å²) in [4.78, 5) is 28.5. The van der Waals surface area contributed by atoms with Gasteiger partial charge in [-0.3, -0.25) is 14.3 Å². The molecule has 0 saturated heterocycles. The van der Waals surface area contributed by atoms with E-state index in [0.29, 0.717) is 22.9 Å². The molecule has 0 radical (unpaired) electrons. The van der Waals surface area contributed by atoms with E-state index < -0.39 is 5.69 Å². The Hall–Kier alpha value is -2.77. The molecule has 4 rings (SSSR count). The molecule has 2 aromatic carbocycles. The van der Waals surface area contributed by atoms with Crippen molar-refractivity contribution in [2.45, 2.75) is 42.0 Å². The third-order valence-electron chi connectivity index (χ3n) is 4.78. The quantitative estimate of drug-likeness (QED) is 0.573. The first-order chi connectivity index (χ1) is 14.2. The fourth-order valence-corrected chi connectivity index (χ4v) is 4.38. The largest absolute Gasteiger partial charge is 0.496 e. The second-order valence-electron chi connectivity index (χ2n) is 6.90. The molecule has 0 atom stereocenters. The molecule has 1 fully saturated rings. The molecule has 6 nitrogen and oxygen atoms in total. The highest BCUT2D eigenvalue weighted by Gasteiger charge is 2.32. The van der Waals surface area contributed by atoms with E-state index in [1.54, 1.807) is 7.11 Å². The topological polar surface area (TPSA) is 73.3 Å². The molecule has 1 heterocycles. The van der Waals surface area contributed by atoms with Gasteiger partial charge in [0.25, 0.3) is 5.56 Å². The van der Waals surface area contributed by atoms with Gasteiger partial charge in [-0.15, -0.1) is 0 Å². The number of aromatic amines is 1. The van der Waals surface area contributed by atoms with E-state index >= 15 is 0 Å². The molecule has 0 spiro atoms. The van der Waals surface area contributed by atoms with Gasteiger partial charge in [0.15, 0.2) is 0 Å². The van der Waals surface area contributed by atoms with Crippen molar-refractivity contribution in [3.05, 3.63) is 86.6 Å². The molecule has 150 valence electrons. The first-order valence-corrected chi connectivity index (χ1v) is 10.3. The lowest BCUT2D eigenvalue weighted by Gasteiger charge is -2.17. The Morgan fingerprint density at radius 2 is 1.79 bits per heavy atom. The highest BCUT2D eigenvalue weighted by molar-refractivity contribution is 7.99. The molecule has 0 unspecified atom stereocenters. The van der Waals surface area contributed by atoms with Gasteiger partial charge in [0.1, 0.15) is 12.5 Å². The standard InChI is InChI=1S/C22H22N2O4S/c1-27-17-9-5-6-10-18(17)29-21-19(16-11-12-16)20(25)23-22(26)24(21)14-28-13-15-7-3-2-4-8-15/h2-10,16H,11-14H2,1H3,(H,23,25,26). The summed E-state index contributed by atoms with van der Waals surface area (Å²) in [5.41, 5.74) is 0.897. The van der Waals surface area contributed by atoms with Crippen LogP contribution in [0.3, 0.4) is 0 Å². The normalized spacial score (nSPS) is 13.4. The first kappa shape index (κ1) is 19.5. The zero-order chi connectivity index (χ0) is 20.2. The number of methoxy groups -OCH3 is 1. The summed E-state index contributed by atoms with van der Waals surface area (Å²) in [6.07, 6.45) is 1.90. The van der Waals surface area contributed by atoms with Gasteiger partial charge >= 0.3 is 5.69 Å². The summed E-state index contributed by atoms with van der Waals surface area (Å²) < 4.78 is 12.8. The van der Waals surface area contributed by atoms with Crippen LogP contribution in [0.1, 0.15) is 29.9 Å². The average molecular weight is 410 g/mol. The van der Waals surface area contributed by atoms with Crippen molar-refractivity contribution >= 4 is 11.8 Å². The maximum absolute atomic E-state index is 12.6. The highest BCUT2D eigenvalue weighted by atomic mass is 32.2. The summed E-state index contributed by atoms with van der Waals surface area (Å²) in [5.74, 6) is 0.876. The van der Waals surface area contributed by atoms with Crippen LogP contribution < -0.4 is 16.0 Å². The number of hydrogen-bond acceptors (Lipinski definition) is 5. The van der Waals surface area contributed by atoms with Crippen LogP contribution in [0.4, 0.5) is 0 Å². The van der Waals surface area contributed by atoms with Gasteiger partial charge in [0.2, 0.25) is 0 Å². The summed E-state index contributed by atoms with van der Waals surface area (Å²) in [5, 5.41) is 0.624. The minimum absolute atomic E-state index is 0.0573. The summed E-state index contributed by atoms with van der Waals surface area (Å²) in [7, 11) is 1.61. The molecule has 29 heavy (non-hydrogen) atoms. The van der Waals surface area contributed by atoms with Crippen LogP contribution >= 0.6 is 11.8 Å². The molecular formula is C22H22N2O4S. The number of aromatic nitrogens is 2. The first-order valence-electron chi connectivity index (χ1n) is 9.47. The Balaban J connectivity index is 1.69. The monoisotopic (exact) mass is 410 g/mol. The minimum Gasteiger partial charge on any atom is -0.496 e. The van der Waals surface area contributed by atoms with Crippen LogP contribution in [-0.4, -0.2) is 16.7 Å². The number of hydrogen-bond donors (Lipinski definition) is 1. The number of rotatable bonds is 8. The van der Waals surface area contributed by atoms with E-state index in [4.69, 9.17) is 9.47 Å². The molecule has 1 aliphatic rings. The number of H-pyrrole nitrogens is 1. The Labute approximate surface area is 172 Å². The third kappa shape index (κ3) is 4.46. The van der Waals surface area contributed by atoms with E-state index in [1.165, 1.54) is 16.3 Å². The summed E-state index contributed by atoms with van der Waals surface area (Å²) in [6, 6.07) is 17.3. The van der Waals surface area contributed by atoms with Crippen molar-refractivity contribution in [3.63, 3.8) is 0 Å². The number of nitrogens with zero attached hydrogens (tertiary/aromatic N) is 1. The summed E-state index contributed by atoms with van der Waals surface area (Å²) in [6.45, 7) is 0.436. The van der Waals surface area contributed by atoms with E-state index in [9.17, 15) is 9.59 Å². The van der Waals surface area contributed by atoms with Gasteiger partial charge in [0, 0.05) is 0 Å². The van der Waals surface area contributed by atoms with Crippen LogP contribution in [0.2, 0.25) is 0 Å². The van der Waals surface area contributed by atoms with E-state index in [1.807, 2.05) is 54.6 Å². The summed E-state index contributed by atoms with van der Waals surface area (Å²) >= 11 is 1.37. The van der Waals surface area contributed by atoms with Crippen molar-refractivity contribution in [3.8, 4) is 5.75 Å². The predicted octanol–water partition coefficient (Wildman–Crippen LogP) is 3.75. The second-order valence-corrected chi connectivity index (χ2v) is 7.93. The van der Waals surface area contributed by atoms with Crippen LogP contribution in [-0.2, 0) is 18.1 Å². The highest BCUT2D eigenvalue weighted by Crippen LogP contribution is 2.44. The van der Waals surface area contributed by atoms with Crippen LogP contribution in [0, 0.1) is 0 Å². The zero-order valence-corrected chi connectivity index (χ0v) is 16.9. The van der Waals surface area contributed by atoms with E-state index in [-0.39, 0.29) is 18.2 Å². The van der Waals surface area contributed by atoms with Gasteiger partial charge in [-0.1, -0.05) is 54.2 Å². The van der Waals surface area contributed by atoms with Crippen LogP contribution in [0.25, 0.3) is 0 Å². The molecule has 0 aliphatic heterocycles. The fourth-order valence-electron chi connectivity index (χ4n) is 3.16. The Morgan fingerprint density at radius 3 is 2.52 bits per heavy atom. The lowest BCUT2D eigenvalue weighted by molar-refractivity contribution is 0.0550. The van der Waals surface area contributed by atoms with Gasteiger partial charge < -0.3 is 9.47 Å². The molecule has 1 aliphatic carbocycles. The average Bonchev–Trinajstić information content (AvgIpc) is 3.56. The molecule has 1 saturated carbocycles. The van der Waals surface area contributed by atoms with Crippen molar-refractivity contribution in [1.29, 1.82) is 0 Å². The molecule has 7 heteroatoms. The van der Waals surface area contributed by atoms with Gasteiger partial charge in [-0.25, -0.2) is 4.79 Å². The molecule has 1 N–H and O–H groups in total. The van der Waals surface area contributed by atoms with E-state index in [2.05, 4.69) is 4.98 Å². The van der Waals surface area contributed by atoms with Crippen molar-refractivity contribution in [2.75, 3.05) is 7.11 Å². The number of para-hydroxylation sites is 1. The lowest BCUT2D eigenvalue weighted by Crippen LogP contribution is -2.34. The zero-order valence-electron chi connectivity index (χ0n) is 16.1. The minimum atomic E-state index is -0.468. The van der Waals surface area contributed by atoms with E-state index in [0.717, 1.165) is 23.3 Å². The number of nitrogens with one attached hydrogen (secondary N) is 1. The Morgan fingerprint density at radius 1 is 1.07 bits per heavy atom. The van der Waals surface area contributed by atoms with Crippen LogP contribution in [0.15, 0.2) is 74.1 Å². The SMILES string of the molecule is COc1ccccc1Sc1c(C2CC2)c(=O)[nH]c(=O)n1COCc1ccccc1.